The van der Waals surface area contributed by atoms with E-state index in [1.54, 1.807) is 11.3 Å². The third kappa shape index (κ3) is 10.2. The van der Waals surface area contributed by atoms with E-state index in [0.29, 0.717) is 11.8 Å². The van der Waals surface area contributed by atoms with Crippen LogP contribution < -0.4 is 10.6 Å². The molecule has 1 fully saturated rings. The number of aromatic nitrogens is 1. The van der Waals surface area contributed by atoms with Crippen LogP contribution >= 0.6 is 35.3 Å². The lowest BCUT2D eigenvalue weighted by atomic mass is 9.97. The van der Waals surface area contributed by atoms with Crippen LogP contribution in [0.3, 0.4) is 0 Å². The first-order chi connectivity index (χ1) is 14.2. The Hall–Kier alpha value is -0.450. The summed E-state index contributed by atoms with van der Waals surface area (Å²) in [5.74, 6) is 2.09. The molecule has 1 atom stereocenters. The van der Waals surface area contributed by atoms with Crippen molar-refractivity contribution in [2.75, 3.05) is 39.3 Å². The Morgan fingerprint density at radius 3 is 2.63 bits per heavy atom. The SMILES string of the molecule is CCCC(CCO)CN=C(NCC)NCC1CCN(Cc2csc(CC)n2)CC1.I. The number of hydrogen-bond donors (Lipinski definition) is 3. The highest BCUT2D eigenvalue weighted by atomic mass is 127. The third-order valence-corrected chi connectivity index (χ3v) is 6.68. The van der Waals surface area contributed by atoms with Gasteiger partial charge in [0.25, 0.3) is 0 Å². The zero-order chi connectivity index (χ0) is 20.9. The van der Waals surface area contributed by atoms with E-state index in [-0.39, 0.29) is 30.6 Å². The maximum Gasteiger partial charge on any atom is 0.191 e. The Kier molecular flexibility index (Phi) is 14.9. The maximum absolute atomic E-state index is 9.25. The van der Waals surface area contributed by atoms with Gasteiger partial charge in [-0.25, -0.2) is 4.98 Å². The first kappa shape index (κ1) is 27.6. The predicted molar refractivity (Wildman–Crippen MR) is 139 cm³/mol. The molecule has 2 heterocycles. The lowest BCUT2D eigenvalue weighted by Crippen LogP contribution is -2.43. The lowest BCUT2D eigenvalue weighted by molar-refractivity contribution is 0.176. The molecular formula is C22H42IN5OS. The second-order valence-corrected chi connectivity index (χ2v) is 9.02. The molecule has 1 aliphatic rings. The Bertz CT molecular complexity index is 584. The van der Waals surface area contributed by atoms with Gasteiger partial charge in [0.2, 0.25) is 0 Å². The standard InChI is InChI=1S/C22H41N5OS.HI/c1-4-7-18(10-13-28)14-24-22(23-6-3)25-15-19-8-11-27(12-9-19)16-20-17-29-21(5-2)26-20;/h17-19,28H,4-16H2,1-3H3,(H2,23,24,25);1H. The number of piperidine rings is 1. The molecule has 1 unspecified atom stereocenters. The molecular weight excluding hydrogens is 509 g/mol. The molecule has 0 aromatic carbocycles. The highest BCUT2D eigenvalue weighted by Gasteiger charge is 2.20. The van der Waals surface area contributed by atoms with E-state index >= 15 is 0 Å². The number of aliphatic hydroxyl groups excluding tert-OH is 1. The van der Waals surface area contributed by atoms with Crippen molar-refractivity contribution in [1.29, 1.82) is 0 Å². The van der Waals surface area contributed by atoms with E-state index in [1.807, 2.05) is 0 Å². The number of rotatable bonds is 12. The van der Waals surface area contributed by atoms with Crippen LogP contribution in [0.4, 0.5) is 0 Å². The fraction of sp³-hybridized carbons (Fsp3) is 0.818. The normalized spacial score (nSPS) is 16.9. The number of nitrogens with one attached hydrogen (secondary N) is 2. The molecule has 1 saturated heterocycles. The zero-order valence-corrected chi connectivity index (χ0v) is 22.2. The van der Waals surface area contributed by atoms with Gasteiger partial charge >= 0.3 is 0 Å². The van der Waals surface area contributed by atoms with Crippen molar-refractivity contribution >= 4 is 41.3 Å². The Balaban J connectivity index is 0.00000450. The molecule has 1 aromatic rings. The molecule has 0 bridgehead atoms. The predicted octanol–water partition coefficient (Wildman–Crippen LogP) is 3.89. The smallest absolute Gasteiger partial charge is 0.191 e. The molecule has 0 radical (unpaired) electrons. The van der Waals surface area contributed by atoms with E-state index in [2.05, 4.69) is 41.7 Å². The van der Waals surface area contributed by atoms with Gasteiger partial charge in [-0.15, -0.1) is 35.3 Å². The van der Waals surface area contributed by atoms with Gasteiger partial charge in [0, 0.05) is 38.2 Å². The topological polar surface area (TPSA) is 72.8 Å². The van der Waals surface area contributed by atoms with Gasteiger partial charge < -0.3 is 15.7 Å². The number of likely N-dealkylation sites (tertiary alicyclic amines) is 1. The summed E-state index contributed by atoms with van der Waals surface area (Å²) in [5.41, 5.74) is 1.23. The third-order valence-electron chi connectivity index (χ3n) is 5.64. The van der Waals surface area contributed by atoms with Gasteiger partial charge in [0.1, 0.15) is 0 Å². The largest absolute Gasteiger partial charge is 0.396 e. The summed E-state index contributed by atoms with van der Waals surface area (Å²) in [7, 11) is 0. The minimum atomic E-state index is 0. The van der Waals surface area contributed by atoms with Gasteiger partial charge in [-0.1, -0.05) is 20.3 Å². The van der Waals surface area contributed by atoms with Gasteiger partial charge in [0.05, 0.1) is 10.7 Å². The maximum atomic E-state index is 9.25. The van der Waals surface area contributed by atoms with Crippen LogP contribution in [0.25, 0.3) is 0 Å². The highest BCUT2D eigenvalue weighted by Crippen LogP contribution is 2.19. The molecule has 8 heteroatoms. The molecule has 6 nitrogen and oxygen atoms in total. The quantitative estimate of drug-likeness (QED) is 0.209. The van der Waals surface area contributed by atoms with E-state index in [4.69, 9.17) is 9.98 Å². The second-order valence-electron chi connectivity index (χ2n) is 8.07. The number of thiazole rings is 1. The van der Waals surface area contributed by atoms with Crippen LogP contribution in [0.2, 0.25) is 0 Å². The van der Waals surface area contributed by atoms with Crippen molar-refractivity contribution < 1.29 is 5.11 Å². The minimum absolute atomic E-state index is 0. The summed E-state index contributed by atoms with van der Waals surface area (Å²) >= 11 is 1.79. The van der Waals surface area contributed by atoms with Gasteiger partial charge in [-0.3, -0.25) is 9.89 Å². The summed E-state index contributed by atoms with van der Waals surface area (Å²) < 4.78 is 0. The first-order valence-corrected chi connectivity index (χ1v) is 12.3. The molecule has 0 aliphatic carbocycles. The average Bonchev–Trinajstić information content (AvgIpc) is 3.19. The fourth-order valence-corrected chi connectivity index (χ4v) is 4.62. The average molecular weight is 552 g/mol. The van der Waals surface area contributed by atoms with Crippen LogP contribution in [-0.4, -0.2) is 60.3 Å². The molecule has 30 heavy (non-hydrogen) atoms. The summed E-state index contributed by atoms with van der Waals surface area (Å²) in [6, 6.07) is 0. The van der Waals surface area contributed by atoms with Crippen LogP contribution in [-0.2, 0) is 13.0 Å². The number of aliphatic hydroxyl groups is 1. The number of hydrogen-bond acceptors (Lipinski definition) is 5. The molecule has 174 valence electrons. The molecule has 1 aromatic heterocycles. The molecule has 2 rings (SSSR count). The summed E-state index contributed by atoms with van der Waals surface area (Å²) in [5, 5.41) is 19.6. The number of halogens is 1. The number of nitrogens with zero attached hydrogens (tertiary/aromatic N) is 3. The monoisotopic (exact) mass is 551 g/mol. The van der Waals surface area contributed by atoms with Crippen LogP contribution in [0, 0.1) is 11.8 Å². The number of aryl methyl sites for hydroxylation is 1. The van der Waals surface area contributed by atoms with E-state index < -0.39 is 0 Å². The van der Waals surface area contributed by atoms with Crippen LogP contribution in [0.1, 0.15) is 63.6 Å². The van der Waals surface area contributed by atoms with Crippen molar-refractivity contribution in [3.8, 4) is 0 Å². The summed E-state index contributed by atoms with van der Waals surface area (Å²) in [6.07, 6.45) is 6.59. The molecule has 0 amide bonds. The van der Waals surface area contributed by atoms with Gasteiger partial charge in [-0.05, 0) is 64.0 Å². The Morgan fingerprint density at radius 1 is 1.27 bits per heavy atom. The summed E-state index contributed by atoms with van der Waals surface area (Å²) in [4.78, 5) is 12.0. The van der Waals surface area contributed by atoms with Crippen LogP contribution in [0.5, 0.6) is 0 Å². The van der Waals surface area contributed by atoms with E-state index in [0.717, 1.165) is 70.9 Å². The molecule has 1 aliphatic heterocycles. The van der Waals surface area contributed by atoms with Crippen molar-refractivity contribution in [3.05, 3.63) is 16.1 Å². The molecule has 3 N–H and O–H groups in total. The van der Waals surface area contributed by atoms with Crippen molar-refractivity contribution in [1.82, 2.24) is 20.5 Å². The van der Waals surface area contributed by atoms with Crippen molar-refractivity contribution in [2.45, 2.75) is 65.8 Å². The Morgan fingerprint density at radius 2 is 2.03 bits per heavy atom. The Labute approximate surface area is 204 Å². The van der Waals surface area contributed by atoms with Gasteiger partial charge in [0.15, 0.2) is 5.96 Å². The van der Waals surface area contributed by atoms with Crippen molar-refractivity contribution in [2.24, 2.45) is 16.8 Å². The molecule has 0 spiro atoms. The number of guanidine groups is 1. The van der Waals surface area contributed by atoms with Gasteiger partial charge in [-0.2, -0.15) is 0 Å². The lowest BCUT2D eigenvalue weighted by Gasteiger charge is -2.31. The van der Waals surface area contributed by atoms with E-state index in [9.17, 15) is 5.11 Å². The summed E-state index contributed by atoms with van der Waals surface area (Å²) in [6.45, 7) is 12.6. The van der Waals surface area contributed by atoms with Crippen molar-refractivity contribution in [3.63, 3.8) is 0 Å². The first-order valence-electron chi connectivity index (χ1n) is 11.5. The second kappa shape index (κ2) is 16.2. The van der Waals surface area contributed by atoms with E-state index in [1.165, 1.54) is 23.5 Å². The number of aliphatic imine (C=N–C) groups is 1. The fourth-order valence-electron chi connectivity index (χ4n) is 3.88. The minimum Gasteiger partial charge on any atom is -0.396 e. The molecule has 0 saturated carbocycles. The van der Waals surface area contributed by atoms with Crippen LogP contribution in [0.15, 0.2) is 10.4 Å². The highest BCUT2D eigenvalue weighted by molar-refractivity contribution is 14.0. The zero-order valence-electron chi connectivity index (χ0n) is 19.0.